The minimum atomic E-state index is -2.47. The van der Waals surface area contributed by atoms with Crippen molar-refractivity contribution < 1.29 is 17.6 Å². The summed E-state index contributed by atoms with van der Waals surface area (Å²) < 4.78 is 57.4. The Morgan fingerprint density at radius 1 is 1.18 bits per heavy atom. The van der Waals surface area contributed by atoms with Gasteiger partial charge in [-0.2, -0.15) is 4.98 Å². The molecule has 0 spiro atoms. The van der Waals surface area contributed by atoms with Crippen LogP contribution >= 0.6 is 0 Å². The lowest BCUT2D eigenvalue weighted by atomic mass is 9.82. The molecule has 1 saturated heterocycles. The van der Waals surface area contributed by atoms with Crippen molar-refractivity contribution in [3.05, 3.63) is 41.9 Å². The van der Waals surface area contributed by atoms with Crippen LogP contribution in [0.5, 0.6) is 0 Å². The standard InChI is InChI=1S/C23H18F4N6/c24-15-3-4-16-18(19(15)25)20(30-22-31-29-12-33(16)22)32-9-1-2-14-13(10-28-11-17(14)32)5-6-23(7-8-23)21(26)27/h3-4,10-12,14,17,21H,1-2,7-9H2. The van der Waals surface area contributed by atoms with Crippen molar-refractivity contribution in [1.29, 1.82) is 0 Å². The maximum Gasteiger partial charge on any atom is 0.257 e. The molecule has 1 saturated carbocycles. The number of alkyl halides is 2. The fourth-order valence-electron chi connectivity index (χ4n) is 4.74. The third-order valence-corrected chi connectivity index (χ3v) is 6.76. The summed E-state index contributed by atoms with van der Waals surface area (Å²) in [5.74, 6) is 4.19. The van der Waals surface area contributed by atoms with Gasteiger partial charge in [0.2, 0.25) is 0 Å². The Balaban J connectivity index is 1.44. The quantitative estimate of drug-likeness (QED) is 0.431. The van der Waals surface area contributed by atoms with Crippen LogP contribution in [0.4, 0.5) is 23.4 Å². The van der Waals surface area contributed by atoms with E-state index in [1.807, 2.05) is 4.90 Å². The van der Waals surface area contributed by atoms with E-state index in [0.29, 0.717) is 30.5 Å². The van der Waals surface area contributed by atoms with Gasteiger partial charge in [0.05, 0.1) is 22.4 Å². The summed E-state index contributed by atoms with van der Waals surface area (Å²) in [6.45, 7) is 0.539. The number of piperidine rings is 1. The number of hydrogen-bond acceptors (Lipinski definition) is 5. The third kappa shape index (κ3) is 3.09. The van der Waals surface area contributed by atoms with Crippen LogP contribution in [0.2, 0.25) is 0 Å². The van der Waals surface area contributed by atoms with Crippen LogP contribution in [0.3, 0.4) is 0 Å². The second kappa shape index (κ2) is 7.27. The molecule has 2 unspecified atom stereocenters. The van der Waals surface area contributed by atoms with Crippen molar-refractivity contribution in [3.63, 3.8) is 0 Å². The first-order valence-electron chi connectivity index (χ1n) is 10.8. The van der Waals surface area contributed by atoms with Gasteiger partial charge in [0.15, 0.2) is 11.6 Å². The van der Waals surface area contributed by atoms with Crippen molar-refractivity contribution in [3.8, 4) is 11.8 Å². The molecule has 1 aliphatic carbocycles. The predicted octanol–water partition coefficient (Wildman–Crippen LogP) is 4.16. The largest absolute Gasteiger partial charge is 0.347 e. The van der Waals surface area contributed by atoms with Crippen LogP contribution in [0, 0.1) is 34.8 Å². The molecule has 0 amide bonds. The zero-order chi connectivity index (χ0) is 22.7. The fraction of sp³-hybridized carbons (Fsp3) is 0.391. The van der Waals surface area contributed by atoms with Crippen molar-refractivity contribution in [2.75, 3.05) is 11.4 Å². The second-order valence-corrected chi connectivity index (χ2v) is 8.71. The molecule has 33 heavy (non-hydrogen) atoms. The van der Waals surface area contributed by atoms with Crippen molar-refractivity contribution >= 4 is 28.7 Å². The van der Waals surface area contributed by atoms with Gasteiger partial charge in [-0.1, -0.05) is 11.8 Å². The number of rotatable bonds is 2. The van der Waals surface area contributed by atoms with Gasteiger partial charge in [0.1, 0.15) is 12.1 Å². The fourth-order valence-corrected chi connectivity index (χ4v) is 4.74. The minimum Gasteiger partial charge on any atom is -0.347 e. The van der Waals surface area contributed by atoms with Crippen molar-refractivity contribution in [2.45, 2.75) is 38.2 Å². The lowest BCUT2D eigenvalue weighted by Crippen LogP contribution is -2.48. The molecular formula is C23H18F4N6. The first kappa shape index (κ1) is 20.1. The van der Waals surface area contributed by atoms with E-state index in [2.05, 4.69) is 32.0 Å². The van der Waals surface area contributed by atoms with Crippen LogP contribution in [0.15, 0.2) is 35.2 Å². The number of aliphatic imine (C=N–C) groups is 1. The van der Waals surface area contributed by atoms with Gasteiger partial charge in [-0.15, -0.1) is 10.2 Å². The zero-order valence-electron chi connectivity index (χ0n) is 17.3. The molecule has 3 aromatic rings. The number of benzene rings is 1. The Kier molecular flexibility index (Phi) is 4.44. The summed E-state index contributed by atoms with van der Waals surface area (Å²) in [7, 11) is 0. The summed E-state index contributed by atoms with van der Waals surface area (Å²) in [6.07, 6.45) is 4.59. The first-order valence-corrected chi connectivity index (χ1v) is 10.8. The molecule has 6 nitrogen and oxygen atoms in total. The summed E-state index contributed by atoms with van der Waals surface area (Å²) in [5.41, 5.74) is -0.126. The first-order chi connectivity index (χ1) is 16.0. The van der Waals surface area contributed by atoms with E-state index in [-0.39, 0.29) is 28.9 Å². The monoisotopic (exact) mass is 454 g/mol. The Labute approximate surface area is 186 Å². The van der Waals surface area contributed by atoms with E-state index in [9.17, 15) is 13.2 Å². The second-order valence-electron chi connectivity index (χ2n) is 8.71. The predicted molar refractivity (Wildman–Crippen MR) is 114 cm³/mol. The molecule has 2 aliphatic heterocycles. The number of anilines is 1. The Morgan fingerprint density at radius 3 is 2.82 bits per heavy atom. The highest BCUT2D eigenvalue weighted by Gasteiger charge is 2.50. The molecule has 0 N–H and O–H groups in total. The van der Waals surface area contributed by atoms with E-state index >= 15 is 4.39 Å². The highest BCUT2D eigenvalue weighted by Crippen LogP contribution is 2.50. The maximum absolute atomic E-state index is 15.0. The number of fused-ring (bicyclic) bond motifs is 4. The average Bonchev–Trinajstić information content (AvgIpc) is 3.48. The molecule has 1 aromatic carbocycles. The summed E-state index contributed by atoms with van der Waals surface area (Å²) in [6, 6.07) is 2.22. The van der Waals surface area contributed by atoms with E-state index in [4.69, 9.17) is 0 Å². The third-order valence-electron chi connectivity index (χ3n) is 6.76. The normalized spacial score (nSPS) is 23.4. The Hall–Kier alpha value is -3.48. The SMILES string of the molecule is Fc1ccc2c(c(N3CCCC4C(C#CC5(C(F)F)CC5)=CN=CC43)nc3nncn32)c1F. The zero-order valence-corrected chi connectivity index (χ0v) is 17.3. The molecule has 2 atom stereocenters. The van der Waals surface area contributed by atoms with Crippen LogP contribution in [0.25, 0.3) is 16.7 Å². The molecule has 4 heterocycles. The molecule has 0 radical (unpaired) electrons. The van der Waals surface area contributed by atoms with Crippen LogP contribution in [-0.4, -0.2) is 44.8 Å². The number of halogens is 4. The lowest BCUT2D eigenvalue weighted by Gasteiger charge is -2.41. The van der Waals surface area contributed by atoms with Crippen molar-refractivity contribution in [2.24, 2.45) is 16.3 Å². The highest BCUT2D eigenvalue weighted by atomic mass is 19.3. The Morgan fingerprint density at radius 2 is 2.03 bits per heavy atom. The maximum atomic E-state index is 15.0. The lowest BCUT2D eigenvalue weighted by molar-refractivity contribution is 0.0921. The van der Waals surface area contributed by atoms with Gasteiger partial charge in [-0.3, -0.25) is 9.39 Å². The van der Waals surface area contributed by atoms with E-state index in [0.717, 1.165) is 18.9 Å². The van der Waals surface area contributed by atoms with Crippen LogP contribution < -0.4 is 4.90 Å². The van der Waals surface area contributed by atoms with Crippen LogP contribution in [-0.2, 0) is 0 Å². The molecule has 168 valence electrons. The van der Waals surface area contributed by atoms with E-state index in [1.54, 1.807) is 12.4 Å². The van der Waals surface area contributed by atoms with Gasteiger partial charge >= 0.3 is 0 Å². The highest BCUT2D eigenvalue weighted by molar-refractivity contribution is 5.93. The average molecular weight is 454 g/mol. The molecule has 0 bridgehead atoms. The molecule has 2 aromatic heterocycles. The van der Waals surface area contributed by atoms with Gasteiger partial charge in [0, 0.05) is 30.5 Å². The summed E-state index contributed by atoms with van der Waals surface area (Å²) in [5, 5.41) is 7.88. The van der Waals surface area contributed by atoms with Gasteiger partial charge in [0.25, 0.3) is 12.2 Å². The molecule has 10 heteroatoms. The number of hydrogen-bond donors (Lipinski definition) is 0. The Bertz CT molecular complexity index is 1390. The van der Waals surface area contributed by atoms with Gasteiger partial charge in [-0.25, -0.2) is 17.6 Å². The van der Waals surface area contributed by atoms with Gasteiger partial charge < -0.3 is 4.90 Å². The molecule has 3 aliphatic rings. The van der Waals surface area contributed by atoms with E-state index < -0.39 is 23.5 Å². The summed E-state index contributed by atoms with van der Waals surface area (Å²) >= 11 is 0. The number of nitrogens with zero attached hydrogens (tertiary/aromatic N) is 6. The number of aromatic nitrogens is 4. The van der Waals surface area contributed by atoms with Crippen molar-refractivity contribution in [1.82, 2.24) is 19.6 Å². The molecular weight excluding hydrogens is 436 g/mol. The minimum absolute atomic E-state index is 0.0353. The van der Waals surface area contributed by atoms with Gasteiger partial charge in [-0.05, 0) is 37.8 Å². The molecule has 6 rings (SSSR count). The van der Waals surface area contributed by atoms with Crippen LogP contribution in [0.1, 0.15) is 25.7 Å². The summed E-state index contributed by atoms with van der Waals surface area (Å²) in [4.78, 5) is 10.7. The smallest absolute Gasteiger partial charge is 0.257 e. The molecule has 2 fully saturated rings. The topological polar surface area (TPSA) is 58.7 Å². The van der Waals surface area contributed by atoms with E-state index in [1.165, 1.54) is 16.8 Å².